The maximum atomic E-state index is 12.1. The number of carbonyl (C=O) groups excluding carboxylic acids is 1. The average Bonchev–Trinajstić information content (AvgIpc) is 2.70. The molecule has 0 saturated carbocycles. The minimum atomic E-state index is -0.203. The van der Waals surface area contributed by atoms with E-state index in [4.69, 9.17) is 4.74 Å². The number of hydrogen-bond donors (Lipinski definition) is 0. The van der Waals surface area contributed by atoms with E-state index in [9.17, 15) is 4.79 Å². The Bertz CT molecular complexity index is 389. The number of amides is 1. The molecule has 1 amide bonds. The van der Waals surface area contributed by atoms with E-state index in [-0.39, 0.29) is 11.4 Å². The van der Waals surface area contributed by atoms with Crippen molar-refractivity contribution in [1.29, 1.82) is 0 Å². The van der Waals surface area contributed by atoms with Crippen molar-refractivity contribution >= 4 is 33.2 Å². The normalized spacial score (nSPS) is 19.5. The summed E-state index contributed by atoms with van der Waals surface area (Å²) in [6.07, 6.45) is 0. The third kappa shape index (κ3) is 2.09. The van der Waals surface area contributed by atoms with E-state index in [2.05, 4.69) is 15.9 Å². The predicted molar refractivity (Wildman–Crippen MR) is 63.1 cm³/mol. The van der Waals surface area contributed by atoms with Crippen LogP contribution < -0.4 is 0 Å². The highest BCUT2D eigenvalue weighted by Crippen LogP contribution is 2.27. The Labute approximate surface area is 101 Å². The molecular weight excluding hydrogens is 278 g/mol. The van der Waals surface area contributed by atoms with Crippen LogP contribution in [0.5, 0.6) is 0 Å². The van der Waals surface area contributed by atoms with Gasteiger partial charge in [-0.3, -0.25) is 4.79 Å². The highest BCUT2D eigenvalue weighted by atomic mass is 79.9. The van der Waals surface area contributed by atoms with Gasteiger partial charge in [0.2, 0.25) is 0 Å². The molecule has 15 heavy (non-hydrogen) atoms. The zero-order chi connectivity index (χ0) is 11.1. The summed E-state index contributed by atoms with van der Waals surface area (Å²) in [6, 6.07) is 1.85. The molecule has 1 saturated heterocycles. The van der Waals surface area contributed by atoms with Gasteiger partial charge in [0.15, 0.2) is 0 Å². The first-order valence-electron chi connectivity index (χ1n) is 4.64. The first-order valence-corrected chi connectivity index (χ1v) is 6.32. The monoisotopic (exact) mass is 289 g/mol. The van der Waals surface area contributed by atoms with Gasteiger partial charge in [0.05, 0.1) is 21.5 Å². The molecule has 1 aromatic heterocycles. The molecule has 1 fully saturated rings. The van der Waals surface area contributed by atoms with Crippen LogP contribution in [0, 0.1) is 0 Å². The van der Waals surface area contributed by atoms with Crippen molar-refractivity contribution in [2.75, 3.05) is 13.3 Å². The number of thiophene rings is 1. The Morgan fingerprint density at radius 1 is 1.67 bits per heavy atom. The lowest BCUT2D eigenvalue weighted by molar-refractivity contribution is 0.0606. The molecule has 0 aliphatic carbocycles. The van der Waals surface area contributed by atoms with Gasteiger partial charge in [0, 0.05) is 5.38 Å². The van der Waals surface area contributed by atoms with E-state index in [0.29, 0.717) is 13.3 Å². The summed E-state index contributed by atoms with van der Waals surface area (Å²) >= 11 is 4.87. The SMILES string of the molecule is CC1(C)COCN1C(=O)c1csc(Br)c1. The van der Waals surface area contributed by atoms with Crippen LogP contribution in [0.3, 0.4) is 0 Å². The van der Waals surface area contributed by atoms with E-state index in [0.717, 1.165) is 9.35 Å². The lowest BCUT2D eigenvalue weighted by atomic mass is 10.1. The summed E-state index contributed by atoms with van der Waals surface area (Å²) in [6.45, 7) is 5.02. The van der Waals surface area contributed by atoms with E-state index in [1.165, 1.54) is 11.3 Å². The molecule has 0 N–H and O–H groups in total. The van der Waals surface area contributed by atoms with Gasteiger partial charge in [-0.1, -0.05) is 0 Å². The van der Waals surface area contributed by atoms with Gasteiger partial charge in [0.1, 0.15) is 6.73 Å². The Morgan fingerprint density at radius 2 is 2.40 bits per heavy atom. The number of nitrogens with zero attached hydrogens (tertiary/aromatic N) is 1. The van der Waals surface area contributed by atoms with Gasteiger partial charge < -0.3 is 9.64 Å². The van der Waals surface area contributed by atoms with Crippen LogP contribution in [-0.2, 0) is 4.74 Å². The quantitative estimate of drug-likeness (QED) is 0.796. The molecule has 0 atom stereocenters. The third-order valence-corrected chi connectivity index (χ3v) is 3.97. The van der Waals surface area contributed by atoms with Crippen molar-refractivity contribution in [3.63, 3.8) is 0 Å². The minimum absolute atomic E-state index is 0.0412. The number of halogens is 1. The lowest BCUT2D eigenvalue weighted by Crippen LogP contribution is -2.44. The van der Waals surface area contributed by atoms with Gasteiger partial charge in [-0.05, 0) is 35.8 Å². The van der Waals surface area contributed by atoms with Crippen molar-refractivity contribution < 1.29 is 9.53 Å². The van der Waals surface area contributed by atoms with Crippen molar-refractivity contribution in [2.45, 2.75) is 19.4 Å². The number of carbonyl (C=O) groups is 1. The molecule has 0 bridgehead atoms. The van der Waals surface area contributed by atoms with Gasteiger partial charge in [-0.25, -0.2) is 0 Å². The molecule has 0 aromatic carbocycles. The maximum absolute atomic E-state index is 12.1. The molecule has 0 spiro atoms. The van der Waals surface area contributed by atoms with E-state index in [1.807, 2.05) is 25.3 Å². The second-order valence-corrected chi connectivity index (χ2v) is 6.45. The van der Waals surface area contributed by atoms with Crippen molar-refractivity contribution in [1.82, 2.24) is 4.90 Å². The highest BCUT2D eigenvalue weighted by molar-refractivity contribution is 9.11. The van der Waals surface area contributed by atoms with Crippen LogP contribution in [0.15, 0.2) is 15.2 Å². The van der Waals surface area contributed by atoms with Crippen LogP contribution >= 0.6 is 27.3 Å². The Balaban J connectivity index is 2.21. The molecule has 2 heterocycles. The summed E-state index contributed by atoms with van der Waals surface area (Å²) in [5, 5.41) is 1.86. The molecule has 1 aliphatic rings. The second-order valence-electron chi connectivity index (χ2n) is 4.16. The molecule has 0 unspecified atom stereocenters. The molecule has 0 radical (unpaired) electrons. The topological polar surface area (TPSA) is 29.5 Å². The summed E-state index contributed by atoms with van der Waals surface area (Å²) < 4.78 is 6.29. The number of ether oxygens (including phenoxy) is 1. The van der Waals surface area contributed by atoms with Crippen LogP contribution in [-0.4, -0.2) is 29.7 Å². The summed E-state index contributed by atoms with van der Waals surface area (Å²) in [5.74, 6) is 0.0412. The molecule has 1 aromatic rings. The van der Waals surface area contributed by atoms with Crippen molar-refractivity contribution in [2.24, 2.45) is 0 Å². The zero-order valence-corrected chi connectivity index (χ0v) is 11.0. The molecule has 1 aliphatic heterocycles. The largest absolute Gasteiger partial charge is 0.359 e. The van der Waals surface area contributed by atoms with E-state index < -0.39 is 0 Å². The van der Waals surface area contributed by atoms with Crippen molar-refractivity contribution in [3.05, 3.63) is 20.8 Å². The van der Waals surface area contributed by atoms with Crippen molar-refractivity contribution in [3.8, 4) is 0 Å². The first-order chi connectivity index (χ1) is 7.00. The number of rotatable bonds is 1. The van der Waals surface area contributed by atoms with Gasteiger partial charge in [-0.15, -0.1) is 11.3 Å². The predicted octanol–water partition coefficient (Wildman–Crippen LogP) is 2.72. The molecular formula is C10H12BrNO2S. The van der Waals surface area contributed by atoms with Gasteiger partial charge in [0.25, 0.3) is 5.91 Å². The molecule has 82 valence electrons. The van der Waals surface area contributed by atoms with Crippen LogP contribution in [0.4, 0.5) is 0 Å². The molecule has 5 heteroatoms. The lowest BCUT2D eigenvalue weighted by Gasteiger charge is -2.28. The maximum Gasteiger partial charge on any atom is 0.257 e. The highest BCUT2D eigenvalue weighted by Gasteiger charge is 2.37. The van der Waals surface area contributed by atoms with Gasteiger partial charge >= 0.3 is 0 Å². The average molecular weight is 290 g/mol. The van der Waals surface area contributed by atoms with Crippen LogP contribution in [0.25, 0.3) is 0 Å². The van der Waals surface area contributed by atoms with E-state index >= 15 is 0 Å². The standard InChI is InChI=1S/C10H12BrNO2S/c1-10(2)5-14-6-12(10)9(13)7-3-8(11)15-4-7/h3-4H,5-6H2,1-2H3. The molecule has 2 rings (SSSR count). The Hall–Kier alpha value is -0.390. The molecule has 3 nitrogen and oxygen atoms in total. The summed E-state index contributed by atoms with van der Waals surface area (Å²) in [7, 11) is 0. The fraction of sp³-hybridized carbons (Fsp3) is 0.500. The second kappa shape index (κ2) is 3.88. The van der Waals surface area contributed by atoms with Gasteiger partial charge in [-0.2, -0.15) is 0 Å². The Morgan fingerprint density at radius 3 is 2.87 bits per heavy atom. The van der Waals surface area contributed by atoms with Crippen LogP contribution in [0.2, 0.25) is 0 Å². The fourth-order valence-corrected chi connectivity index (χ4v) is 2.68. The summed E-state index contributed by atoms with van der Waals surface area (Å²) in [4.78, 5) is 13.9. The van der Waals surface area contributed by atoms with Crippen LogP contribution in [0.1, 0.15) is 24.2 Å². The van der Waals surface area contributed by atoms with E-state index in [1.54, 1.807) is 4.90 Å². The smallest absolute Gasteiger partial charge is 0.257 e. The zero-order valence-electron chi connectivity index (χ0n) is 8.62. The minimum Gasteiger partial charge on any atom is -0.359 e. The third-order valence-electron chi connectivity index (χ3n) is 2.47. The first kappa shape index (κ1) is 11.1. The Kier molecular flexibility index (Phi) is 2.87. The summed E-state index contributed by atoms with van der Waals surface area (Å²) in [5.41, 5.74) is 0.524. The number of hydrogen-bond acceptors (Lipinski definition) is 3. The fourth-order valence-electron chi connectivity index (χ4n) is 1.55.